The number of para-hydroxylation sites is 1. The molecule has 0 N–H and O–H groups in total. The Morgan fingerprint density at radius 3 is 2.65 bits per heavy atom. The number of amides is 3. The van der Waals surface area contributed by atoms with Crippen molar-refractivity contribution >= 4 is 40.6 Å². The van der Waals surface area contributed by atoms with Crippen LogP contribution in [0.5, 0.6) is 11.5 Å². The van der Waals surface area contributed by atoms with E-state index in [0.717, 1.165) is 40.8 Å². The van der Waals surface area contributed by atoms with Crippen molar-refractivity contribution in [1.82, 2.24) is 4.90 Å². The second-order valence-corrected chi connectivity index (χ2v) is 8.15. The van der Waals surface area contributed by atoms with Crippen LogP contribution in [0, 0.1) is 0 Å². The third-order valence-electron chi connectivity index (χ3n) is 5.28. The van der Waals surface area contributed by atoms with Crippen molar-refractivity contribution in [3.05, 3.63) is 58.5 Å². The molecule has 0 atom stereocenters. The summed E-state index contributed by atoms with van der Waals surface area (Å²) in [6.07, 6.45) is 3.38. The minimum Gasteiger partial charge on any atom is -0.493 e. The summed E-state index contributed by atoms with van der Waals surface area (Å²) >= 11 is 0.830. The summed E-state index contributed by atoms with van der Waals surface area (Å²) in [6, 6.07) is 13.0. The first-order valence-electron chi connectivity index (χ1n) is 9.87. The number of aryl methyl sites for hydroxylation is 1. The normalized spacial score (nSPS) is 17.2. The molecule has 0 bridgehead atoms. The number of methoxy groups -OCH3 is 2. The van der Waals surface area contributed by atoms with Gasteiger partial charge in [-0.2, -0.15) is 0 Å². The van der Waals surface area contributed by atoms with Crippen LogP contribution in [0.1, 0.15) is 17.5 Å². The second kappa shape index (κ2) is 8.85. The van der Waals surface area contributed by atoms with Gasteiger partial charge in [-0.1, -0.05) is 24.3 Å². The highest BCUT2D eigenvalue weighted by Crippen LogP contribution is 2.35. The fraction of sp³-hybridized carbons (Fsp3) is 0.261. The van der Waals surface area contributed by atoms with Gasteiger partial charge in [0.05, 0.1) is 19.1 Å². The average Bonchev–Trinajstić information content (AvgIpc) is 3.05. The summed E-state index contributed by atoms with van der Waals surface area (Å²) in [5.41, 5.74) is 2.65. The number of thioether (sulfide) groups is 1. The number of nitrogens with zero attached hydrogens (tertiary/aromatic N) is 2. The fourth-order valence-corrected chi connectivity index (χ4v) is 4.58. The molecule has 0 saturated carbocycles. The van der Waals surface area contributed by atoms with Crippen molar-refractivity contribution in [2.24, 2.45) is 0 Å². The van der Waals surface area contributed by atoms with Crippen LogP contribution in [0.2, 0.25) is 0 Å². The number of hydrogen-bond acceptors (Lipinski definition) is 6. The monoisotopic (exact) mass is 438 g/mol. The first-order chi connectivity index (χ1) is 15.0. The maximum atomic E-state index is 12.9. The van der Waals surface area contributed by atoms with Crippen LogP contribution in [-0.4, -0.2) is 49.3 Å². The Balaban J connectivity index is 1.52. The number of rotatable bonds is 5. The van der Waals surface area contributed by atoms with Crippen molar-refractivity contribution in [2.75, 3.05) is 32.2 Å². The number of anilines is 1. The summed E-state index contributed by atoms with van der Waals surface area (Å²) in [6.45, 7) is 0.301. The van der Waals surface area contributed by atoms with Crippen LogP contribution >= 0.6 is 11.8 Å². The van der Waals surface area contributed by atoms with Crippen molar-refractivity contribution in [2.45, 2.75) is 12.8 Å². The van der Waals surface area contributed by atoms with Crippen LogP contribution < -0.4 is 14.4 Å². The molecule has 1 fully saturated rings. The average molecular weight is 439 g/mol. The van der Waals surface area contributed by atoms with E-state index in [2.05, 4.69) is 0 Å². The Hall–Kier alpha value is -3.26. The second-order valence-electron chi connectivity index (χ2n) is 7.16. The molecule has 2 aromatic carbocycles. The SMILES string of the molecule is COc1ccc(/C=C2/SC(=O)N(CC(=O)N3CCCc4ccccc43)C2=O)cc1OC. The zero-order valence-corrected chi connectivity index (χ0v) is 18.1. The largest absolute Gasteiger partial charge is 0.493 e. The number of benzene rings is 2. The number of fused-ring (bicyclic) bond motifs is 1. The van der Waals surface area contributed by atoms with Crippen LogP contribution in [0.4, 0.5) is 10.5 Å². The molecule has 2 aliphatic rings. The molecule has 7 nitrogen and oxygen atoms in total. The van der Waals surface area contributed by atoms with Gasteiger partial charge in [0.1, 0.15) is 6.54 Å². The first kappa shape index (κ1) is 21.0. The predicted molar refractivity (Wildman–Crippen MR) is 119 cm³/mol. The molecule has 0 radical (unpaired) electrons. The third kappa shape index (κ3) is 4.16. The molecule has 0 aromatic heterocycles. The quantitative estimate of drug-likeness (QED) is 0.663. The van der Waals surface area contributed by atoms with Gasteiger partial charge in [-0.15, -0.1) is 0 Å². The van der Waals surface area contributed by atoms with Crippen LogP contribution in [0.15, 0.2) is 47.4 Å². The molecule has 0 spiro atoms. The Morgan fingerprint density at radius 2 is 1.87 bits per heavy atom. The Morgan fingerprint density at radius 1 is 1.10 bits per heavy atom. The molecular formula is C23H22N2O5S. The maximum absolute atomic E-state index is 12.9. The van der Waals surface area contributed by atoms with Crippen LogP contribution in [-0.2, 0) is 16.0 Å². The number of carbonyl (C=O) groups is 3. The molecule has 4 rings (SSSR count). The van der Waals surface area contributed by atoms with E-state index in [4.69, 9.17) is 9.47 Å². The molecule has 3 amide bonds. The lowest BCUT2D eigenvalue weighted by Gasteiger charge is -2.30. The third-order valence-corrected chi connectivity index (χ3v) is 6.19. The lowest BCUT2D eigenvalue weighted by Crippen LogP contribution is -2.44. The Bertz CT molecular complexity index is 1080. The topological polar surface area (TPSA) is 76.2 Å². The first-order valence-corrected chi connectivity index (χ1v) is 10.7. The highest BCUT2D eigenvalue weighted by atomic mass is 32.2. The van der Waals surface area contributed by atoms with Gasteiger partial charge in [-0.05, 0) is 60.0 Å². The van der Waals surface area contributed by atoms with Crippen LogP contribution in [0.3, 0.4) is 0 Å². The summed E-state index contributed by atoms with van der Waals surface area (Å²) in [7, 11) is 3.07. The van der Waals surface area contributed by atoms with Gasteiger partial charge in [-0.25, -0.2) is 0 Å². The highest BCUT2D eigenvalue weighted by molar-refractivity contribution is 8.18. The van der Waals surface area contributed by atoms with Gasteiger partial charge >= 0.3 is 0 Å². The number of hydrogen-bond donors (Lipinski definition) is 0. The summed E-state index contributed by atoms with van der Waals surface area (Å²) in [5, 5.41) is -0.449. The van der Waals surface area contributed by atoms with Gasteiger partial charge < -0.3 is 14.4 Å². The minimum atomic E-state index is -0.469. The predicted octanol–water partition coefficient (Wildman–Crippen LogP) is 3.72. The molecule has 2 heterocycles. The molecule has 2 aliphatic heterocycles. The van der Waals surface area contributed by atoms with E-state index in [9.17, 15) is 14.4 Å². The molecule has 0 aliphatic carbocycles. The number of ether oxygens (including phenoxy) is 2. The van der Waals surface area contributed by atoms with Gasteiger partial charge in [0.2, 0.25) is 5.91 Å². The van der Waals surface area contributed by atoms with E-state index >= 15 is 0 Å². The minimum absolute atomic E-state index is 0.262. The van der Waals surface area contributed by atoms with E-state index in [1.165, 1.54) is 7.11 Å². The lowest BCUT2D eigenvalue weighted by molar-refractivity contribution is -0.128. The van der Waals surface area contributed by atoms with Crippen LogP contribution in [0.25, 0.3) is 6.08 Å². The fourth-order valence-electron chi connectivity index (χ4n) is 3.74. The molecule has 2 aromatic rings. The molecule has 0 unspecified atom stereocenters. The zero-order valence-electron chi connectivity index (χ0n) is 17.3. The molecule has 160 valence electrons. The summed E-state index contributed by atoms with van der Waals surface area (Å²) < 4.78 is 10.5. The lowest BCUT2D eigenvalue weighted by atomic mass is 10.0. The van der Waals surface area contributed by atoms with Crippen molar-refractivity contribution in [1.29, 1.82) is 0 Å². The standard InChI is InChI=1S/C23H22N2O5S/c1-29-18-10-9-15(12-19(18)30-2)13-20-22(27)25(23(28)31-20)14-21(26)24-11-5-7-16-6-3-4-8-17(16)24/h3-4,6,8-10,12-13H,5,7,11,14H2,1-2H3/b20-13+. The van der Waals surface area contributed by atoms with Gasteiger partial charge in [0, 0.05) is 12.2 Å². The smallest absolute Gasteiger partial charge is 0.294 e. The zero-order chi connectivity index (χ0) is 22.0. The Kier molecular flexibility index (Phi) is 5.99. The van der Waals surface area contributed by atoms with Crippen molar-refractivity contribution in [3.8, 4) is 11.5 Å². The molecule has 31 heavy (non-hydrogen) atoms. The molecule has 1 saturated heterocycles. The van der Waals surface area contributed by atoms with Crippen molar-refractivity contribution < 1.29 is 23.9 Å². The highest BCUT2D eigenvalue weighted by Gasteiger charge is 2.37. The number of carbonyl (C=O) groups excluding carboxylic acids is 3. The number of imide groups is 1. The van der Waals surface area contributed by atoms with E-state index < -0.39 is 11.1 Å². The summed E-state index contributed by atoms with van der Waals surface area (Å²) in [5.74, 6) is 0.361. The maximum Gasteiger partial charge on any atom is 0.294 e. The van der Waals surface area contributed by atoms with Gasteiger partial charge in [0.25, 0.3) is 11.1 Å². The van der Waals surface area contributed by atoms with Gasteiger partial charge in [0.15, 0.2) is 11.5 Å². The van der Waals surface area contributed by atoms with E-state index in [1.54, 1.807) is 36.3 Å². The van der Waals surface area contributed by atoms with E-state index in [1.807, 2.05) is 24.3 Å². The van der Waals surface area contributed by atoms with Gasteiger partial charge in [-0.3, -0.25) is 19.3 Å². The van der Waals surface area contributed by atoms with E-state index in [0.29, 0.717) is 23.6 Å². The molecule has 8 heteroatoms. The Labute approximate surface area is 184 Å². The van der Waals surface area contributed by atoms with Crippen molar-refractivity contribution in [3.63, 3.8) is 0 Å². The summed E-state index contributed by atoms with van der Waals surface area (Å²) in [4.78, 5) is 41.2. The molecular weight excluding hydrogens is 416 g/mol. The van der Waals surface area contributed by atoms with E-state index in [-0.39, 0.29) is 17.4 Å².